The molecule has 2 aliphatic rings. The first-order valence-corrected chi connectivity index (χ1v) is 9.53. The molecule has 26 heavy (non-hydrogen) atoms. The van der Waals surface area contributed by atoms with E-state index in [-0.39, 0.29) is 30.3 Å². The number of methoxy groups -OCH3 is 1. The van der Waals surface area contributed by atoms with Gasteiger partial charge in [0.25, 0.3) is 0 Å². The molecule has 2 saturated carbocycles. The highest BCUT2D eigenvalue weighted by molar-refractivity contribution is 5.85. The van der Waals surface area contributed by atoms with Crippen LogP contribution in [0.3, 0.4) is 0 Å². The molecule has 2 fully saturated rings. The Morgan fingerprint density at radius 1 is 1.19 bits per heavy atom. The van der Waals surface area contributed by atoms with E-state index in [4.69, 9.17) is 15.2 Å². The number of nitrogens with one attached hydrogen (secondary N) is 1. The van der Waals surface area contributed by atoms with E-state index >= 15 is 0 Å². The number of rotatable bonds is 7. The van der Waals surface area contributed by atoms with E-state index in [0.29, 0.717) is 19.0 Å². The van der Waals surface area contributed by atoms with E-state index in [9.17, 15) is 4.79 Å². The van der Waals surface area contributed by atoms with Gasteiger partial charge in [-0.2, -0.15) is 0 Å². The molecule has 0 aliphatic heterocycles. The Kier molecular flexibility index (Phi) is 8.04. The number of amides is 1. The molecule has 6 heteroatoms. The third-order valence-electron chi connectivity index (χ3n) is 5.62. The average molecular weight is 383 g/mol. The van der Waals surface area contributed by atoms with Crippen LogP contribution in [0.4, 0.5) is 0 Å². The number of hydrogen-bond donors (Lipinski definition) is 2. The van der Waals surface area contributed by atoms with Gasteiger partial charge in [0.05, 0.1) is 13.2 Å². The molecule has 0 aromatic heterocycles. The maximum atomic E-state index is 12.6. The maximum Gasteiger partial charge on any atom is 0.223 e. The summed E-state index contributed by atoms with van der Waals surface area (Å²) in [6.07, 6.45) is 7.95. The average Bonchev–Trinajstić information content (AvgIpc) is 3.31. The Balaban J connectivity index is 0.00000243. The molecule has 0 radical (unpaired) electrons. The predicted octanol–water partition coefficient (Wildman–Crippen LogP) is 3.43. The number of benzene rings is 1. The first kappa shape index (κ1) is 20.8. The molecule has 2 atom stereocenters. The zero-order valence-corrected chi connectivity index (χ0v) is 16.4. The van der Waals surface area contributed by atoms with Gasteiger partial charge in [-0.05, 0) is 57.1 Å². The highest BCUT2D eigenvalue weighted by Crippen LogP contribution is 2.35. The fourth-order valence-corrected chi connectivity index (χ4v) is 4.15. The molecule has 1 aromatic carbocycles. The number of halogens is 1. The van der Waals surface area contributed by atoms with Crippen molar-refractivity contribution < 1.29 is 14.3 Å². The van der Waals surface area contributed by atoms with Crippen LogP contribution in [0.25, 0.3) is 0 Å². The smallest absolute Gasteiger partial charge is 0.223 e. The summed E-state index contributed by atoms with van der Waals surface area (Å²) in [6.45, 7) is 1.05. The summed E-state index contributed by atoms with van der Waals surface area (Å²) in [5.41, 5.74) is 6.78. The topological polar surface area (TPSA) is 73.6 Å². The van der Waals surface area contributed by atoms with E-state index < -0.39 is 0 Å². The van der Waals surface area contributed by atoms with E-state index in [1.165, 1.54) is 12.8 Å². The molecule has 0 spiro atoms. The van der Waals surface area contributed by atoms with Crippen LogP contribution < -0.4 is 20.5 Å². The highest BCUT2D eigenvalue weighted by atomic mass is 35.5. The van der Waals surface area contributed by atoms with Gasteiger partial charge in [-0.15, -0.1) is 12.4 Å². The lowest BCUT2D eigenvalue weighted by Crippen LogP contribution is -2.34. The number of nitrogens with two attached hydrogens (primary N) is 1. The summed E-state index contributed by atoms with van der Waals surface area (Å²) in [5.74, 6) is 2.00. The van der Waals surface area contributed by atoms with Gasteiger partial charge in [-0.25, -0.2) is 0 Å². The van der Waals surface area contributed by atoms with Crippen LogP contribution in [0.2, 0.25) is 0 Å². The Labute approximate surface area is 162 Å². The quantitative estimate of drug-likeness (QED) is 0.757. The molecular formula is C20H31ClN2O3. The maximum absolute atomic E-state index is 12.6. The second-order valence-electron chi connectivity index (χ2n) is 7.22. The van der Waals surface area contributed by atoms with Gasteiger partial charge in [0.1, 0.15) is 0 Å². The molecule has 1 aromatic rings. The van der Waals surface area contributed by atoms with Gasteiger partial charge in [0.2, 0.25) is 5.91 Å². The van der Waals surface area contributed by atoms with E-state index in [2.05, 4.69) is 5.32 Å². The molecule has 1 amide bonds. The summed E-state index contributed by atoms with van der Waals surface area (Å²) < 4.78 is 11.7. The number of carbonyl (C=O) groups is 1. The van der Waals surface area contributed by atoms with Crippen molar-refractivity contribution in [2.45, 2.75) is 57.6 Å². The predicted molar refractivity (Wildman–Crippen MR) is 105 cm³/mol. The van der Waals surface area contributed by atoms with Crippen molar-refractivity contribution >= 4 is 18.3 Å². The van der Waals surface area contributed by atoms with Crippen LogP contribution in [-0.2, 0) is 11.3 Å². The first-order chi connectivity index (χ1) is 12.2. The van der Waals surface area contributed by atoms with Crippen LogP contribution in [0.5, 0.6) is 11.5 Å². The van der Waals surface area contributed by atoms with E-state index in [0.717, 1.165) is 49.2 Å². The third-order valence-corrected chi connectivity index (χ3v) is 5.62. The van der Waals surface area contributed by atoms with Crippen LogP contribution in [0.1, 0.15) is 50.5 Å². The largest absolute Gasteiger partial charge is 0.493 e. The van der Waals surface area contributed by atoms with Gasteiger partial charge < -0.3 is 20.5 Å². The number of hydrogen-bond acceptors (Lipinski definition) is 4. The molecule has 3 rings (SSSR count). The number of ether oxygens (including phenoxy) is 2. The van der Waals surface area contributed by atoms with Crippen molar-refractivity contribution in [3.05, 3.63) is 23.8 Å². The molecule has 5 nitrogen and oxygen atoms in total. The molecule has 3 N–H and O–H groups in total. The van der Waals surface area contributed by atoms with Gasteiger partial charge >= 0.3 is 0 Å². The third kappa shape index (κ3) is 4.83. The van der Waals surface area contributed by atoms with E-state index in [1.807, 2.05) is 18.2 Å². The van der Waals surface area contributed by atoms with Gasteiger partial charge in [-0.1, -0.05) is 18.6 Å². The Bertz CT molecular complexity index is 590. The summed E-state index contributed by atoms with van der Waals surface area (Å²) in [6, 6.07) is 5.86. The lowest BCUT2D eigenvalue weighted by Gasteiger charge is -2.21. The van der Waals surface area contributed by atoms with Crippen molar-refractivity contribution in [2.24, 2.45) is 17.6 Å². The first-order valence-electron chi connectivity index (χ1n) is 9.53. The van der Waals surface area contributed by atoms with Crippen molar-refractivity contribution in [3.8, 4) is 11.5 Å². The number of para-hydroxylation sites is 1. The van der Waals surface area contributed by atoms with Crippen LogP contribution in [0.15, 0.2) is 18.2 Å². The second-order valence-corrected chi connectivity index (χ2v) is 7.22. The Morgan fingerprint density at radius 3 is 2.65 bits per heavy atom. The van der Waals surface area contributed by atoms with Crippen LogP contribution >= 0.6 is 12.4 Å². The zero-order valence-electron chi connectivity index (χ0n) is 15.5. The standard InChI is InChI=1S/C20H30N2O3.ClH/c1-24-18-11-5-7-15(19(18)25-16-8-2-3-9-16)13-22-20(23)17-10-4-6-14(17)12-21;/h5,7,11,14,16-17H,2-4,6,8-10,12-13,21H2,1H3,(H,22,23);1H/t14-,17-;/m1./s1. The minimum absolute atomic E-state index is 0. The van der Waals surface area contributed by atoms with Crippen molar-refractivity contribution in [3.63, 3.8) is 0 Å². The molecule has 0 heterocycles. The Morgan fingerprint density at radius 2 is 1.96 bits per heavy atom. The summed E-state index contributed by atoms with van der Waals surface area (Å²) in [4.78, 5) is 12.6. The van der Waals surface area contributed by atoms with E-state index in [1.54, 1.807) is 7.11 Å². The SMILES string of the molecule is COc1cccc(CNC(=O)[C@@H]2CCC[C@@H]2CN)c1OC1CCCC1.Cl. The fraction of sp³-hybridized carbons (Fsp3) is 0.650. The fourth-order valence-electron chi connectivity index (χ4n) is 4.15. The van der Waals surface area contributed by atoms with Crippen LogP contribution in [-0.4, -0.2) is 25.7 Å². The summed E-state index contributed by atoms with van der Waals surface area (Å²) in [5, 5.41) is 3.09. The summed E-state index contributed by atoms with van der Waals surface area (Å²) >= 11 is 0. The second kappa shape index (κ2) is 10.0. The monoisotopic (exact) mass is 382 g/mol. The number of carbonyl (C=O) groups excluding carboxylic acids is 1. The Hall–Kier alpha value is -1.46. The van der Waals surface area contributed by atoms with Crippen LogP contribution in [0, 0.1) is 11.8 Å². The van der Waals surface area contributed by atoms with Gasteiger partial charge in [0.15, 0.2) is 11.5 Å². The minimum atomic E-state index is 0. The van der Waals surface area contributed by atoms with Crippen molar-refractivity contribution in [1.82, 2.24) is 5.32 Å². The lowest BCUT2D eigenvalue weighted by molar-refractivity contribution is -0.126. The molecule has 146 valence electrons. The zero-order chi connectivity index (χ0) is 17.6. The molecule has 0 bridgehead atoms. The molecule has 2 aliphatic carbocycles. The lowest BCUT2D eigenvalue weighted by atomic mass is 9.95. The highest BCUT2D eigenvalue weighted by Gasteiger charge is 2.32. The minimum Gasteiger partial charge on any atom is -0.493 e. The van der Waals surface area contributed by atoms with Gasteiger partial charge in [-0.3, -0.25) is 4.79 Å². The normalized spacial score (nSPS) is 22.7. The molecule has 0 saturated heterocycles. The van der Waals surface area contributed by atoms with Crippen molar-refractivity contribution in [2.75, 3.05) is 13.7 Å². The summed E-state index contributed by atoms with van der Waals surface area (Å²) in [7, 11) is 1.66. The molecule has 0 unspecified atom stereocenters. The van der Waals surface area contributed by atoms with Gasteiger partial charge in [0, 0.05) is 18.0 Å². The molecular weight excluding hydrogens is 352 g/mol. The van der Waals surface area contributed by atoms with Crippen molar-refractivity contribution in [1.29, 1.82) is 0 Å².